The van der Waals surface area contributed by atoms with Gasteiger partial charge in [0, 0.05) is 0 Å². The van der Waals surface area contributed by atoms with Crippen molar-refractivity contribution in [2.45, 2.75) is 32.4 Å². The average Bonchev–Trinajstić information content (AvgIpc) is 2.10. The lowest BCUT2D eigenvalue weighted by Crippen LogP contribution is -2.42. The van der Waals surface area contributed by atoms with Crippen LogP contribution >= 0.6 is 11.6 Å². The predicted octanol–water partition coefficient (Wildman–Crippen LogP) is 1.28. The molecule has 4 N–H and O–H groups in total. The molecule has 0 aliphatic rings. The van der Waals surface area contributed by atoms with E-state index in [0.717, 1.165) is 0 Å². The van der Waals surface area contributed by atoms with Crippen LogP contribution < -0.4 is 11.1 Å². The zero-order valence-electron chi connectivity index (χ0n) is 8.95. The van der Waals surface area contributed by atoms with Crippen LogP contribution in [0.4, 0.5) is 11.8 Å². The summed E-state index contributed by atoms with van der Waals surface area (Å²) in [4.78, 5) is 7.70. The Hall–Kier alpha value is -1.07. The van der Waals surface area contributed by atoms with Crippen LogP contribution in [0.2, 0.25) is 5.02 Å². The van der Waals surface area contributed by atoms with Gasteiger partial charge in [-0.2, -0.15) is 4.98 Å². The number of nitrogens with one attached hydrogen (secondary N) is 1. The molecule has 0 amide bonds. The highest BCUT2D eigenvalue weighted by atomic mass is 35.5. The number of aliphatic hydroxyl groups excluding tert-OH is 1. The summed E-state index contributed by atoms with van der Waals surface area (Å²) in [5, 5.41) is 12.9. The fourth-order valence-corrected chi connectivity index (χ4v) is 1.02. The highest BCUT2D eigenvalue weighted by Crippen LogP contribution is 2.23. The zero-order chi connectivity index (χ0) is 11.6. The molecule has 0 saturated heterocycles. The van der Waals surface area contributed by atoms with E-state index < -0.39 is 11.6 Å². The molecule has 5 nitrogen and oxygen atoms in total. The monoisotopic (exact) mass is 230 g/mol. The van der Waals surface area contributed by atoms with E-state index in [0.29, 0.717) is 10.8 Å². The Kier molecular flexibility index (Phi) is 3.36. The molecule has 1 atom stereocenters. The summed E-state index contributed by atoms with van der Waals surface area (Å²) in [6.45, 7) is 5.37. The standard InChI is InChI=1S/C9H15ClN4O/c1-5(15)9(2,3)14-7-6(10)4-12-8(11)13-7/h4-5,15H,1-3H3,(H3,11,12,13,14). The number of rotatable bonds is 3. The molecule has 1 rings (SSSR count). The Balaban J connectivity index is 2.94. The van der Waals surface area contributed by atoms with E-state index in [1.165, 1.54) is 6.20 Å². The summed E-state index contributed by atoms with van der Waals surface area (Å²) < 4.78 is 0. The Morgan fingerprint density at radius 1 is 1.60 bits per heavy atom. The van der Waals surface area contributed by atoms with Crippen LogP contribution in [0.5, 0.6) is 0 Å². The molecule has 0 saturated carbocycles. The number of hydrogen-bond acceptors (Lipinski definition) is 5. The van der Waals surface area contributed by atoms with Gasteiger partial charge in [0.15, 0.2) is 5.82 Å². The predicted molar refractivity (Wildman–Crippen MR) is 60.8 cm³/mol. The van der Waals surface area contributed by atoms with Gasteiger partial charge in [-0.25, -0.2) is 4.98 Å². The summed E-state index contributed by atoms with van der Waals surface area (Å²) in [5.74, 6) is 0.568. The van der Waals surface area contributed by atoms with Gasteiger partial charge in [-0.15, -0.1) is 0 Å². The summed E-state index contributed by atoms with van der Waals surface area (Å²) in [6, 6.07) is 0. The van der Waals surface area contributed by atoms with E-state index in [-0.39, 0.29) is 5.95 Å². The average molecular weight is 231 g/mol. The first-order valence-electron chi connectivity index (χ1n) is 4.57. The number of aliphatic hydroxyl groups is 1. The Morgan fingerprint density at radius 3 is 2.73 bits per heavy atom. The number of nitrogen functional groups attached to an aromatic ring is 1. The minimum Gasteiger partial charge on any atom is -0.391 e. The molecule has 0 radical (unpaired) electrons. The molecular weight excluding hydrogens is 216 g/mol. The van der Waals surface area contributed by atoms with Crippen molar-refractivity contribution in [1.29, 1.82) is 0 Å². The molecule has 1 aromatic rings. The smallest absolute Gasteiger partial charge is 0.222 e. The van der Waals surface area contributed by atoms with Crippen molar-refractivity contribution >= 4 is 23.4 Å². The van der Waals surface area contributed by atoms with Gasteiger partial charge in [0.2, 0.25) is 5.95 Å². The van der Waals surface area contributed by atoms with Gasteiger partial charge in [-0.05, 0) is 20.8 Å². The molecule has 0 aliphatic carbocycles. The second-order valence-corrected chi connectivity index (χ2v) is 4.35. The highest BCUT2D eigenvalue weighted by molar-refractivity contribution is 6.32. The van der Waals surface area contributed by atoms with Crippen molar-refractivity contribution < 1.29 is 5.11 Å². The summed E-state index contributed by atoms with van der Waals surface area (Å²) in [6.07, 6.45) is 0.870. The van der Waals surface area contributed by atoms with Crippen LogP contribution in [0.15, 0.2) is 6.20 Å². The molecular formula is C9H15ClN4O. The van der Waals surface area contributed by atoms with E-state index >= 15 is 0 Å². The van der Waals surface area contributed by atoms with Gasteiger partial charge in [-0.1, -0.05) is 11.6 Å². The number of hydrogen-bond donors (Lipinski definition) is 3. The largest absolute Gasteiger partial charge is 0.391 e. The zero-order valence-corrected chi connectivity index (χ0v) is 9.71. The second kappa shape index (κ2) is 4.20. The maximum Gasteiger partial charge on any atom is 0.222 e. The van der Waals surface area contributed by atoms with Gasteiger partial charge in [0.05, 0.1) is 17.8 Å². The Bertz CT molecular complexity index is 354. The van der Waals surface area contributed by atoms with Crippen LogP contribution in [0, 0.1) is 0 Å². The quantitative estimate of drug-likeness (QED) is 0.729. The third-order valence-corrected chi connectivity index (χ3v) is 2.52. The van der Waals surface area contributed by atoms with Crippen molar-refractivity contribution in [3.8, 4) is 0 Å². The maximum absolute atomic E-state index is 9.52. The summed E-state index contributed by atoms with van der Waals surface area (Å²) >= 11 is 5.88. The Labute approximate surface area is 93.7 Å². The molecule has 1 heterocycles. The molecule has 1 unspecified atom stereocenters. The second-order valence-electron chi connectivity index (χ2n) is 3.95. The van der Waals surface area contributed by atoms with E-state index in [4.69, 9.17) is 17.3 Å². The number of nitrogens with zero attached hydrogens (tertiary/aromatic N) is 2. The third kappa shape index (κ3) is 2.94. The van der Waals surface area contributed by atoms with E-state index in [9.17, 15) is 5.11 Å². The molecule has 1 aromatic heterocycles. The van der Waals surface area contributed by atoms with Gasteiger partial charge < -0.3 is 16.2 Å². The van der Waals surface area contributed by atoms with Crippen molar-refractivity contribution in [3.63, 3.8) is 0 Å². The van der Waals surface area contributed by atoms with Crippen molar-refractivity contribution in [1.82, 2.24) is 9.97 Å². The highest BCUT2D eigenvalue weighted by Gasteiger charge is 2.25. The van der Waals surface area contributed by atoms with Gasteiger partial charge in [0.25, 0.3) is 0 Å². The Morgan fingerprint density at radius 2 is 2.20 bits per heavy atom. The van der Waals surface area contributed by atoms with Gasteiger partial charge in [0.1, 0.15) is 5.02 Å². The molecule has 0 bridgehead atoms. The van der Waals surface area contributed by atoms with Crippen LogP contribution in [0.3, 0.4) is 0 Å². The maximum atomic E-state index is 9.52. The minimum atomic E-state index is -0.551. The number of aromatic nitrogens is 2. The molecule has 0 aliphatic heterocycles. The lowest BCUT2D eigenvalue weighted by molar-refractivity contribution is 0.133. The van der Waals surface area contributed by atoms with Crippen molar-refractivity contribution in [2.75, 3.05) is 11.1 Å². The molecule has 0 aromatic carbocycles. The van der Waals surface area contributed by atoms with Crippen LogP contribution in [0.1, 0.15) is 20.8 Å². The first-order valence-corrected chi connectivity index (χ1v) is 4.95. The lowest BCUT2D eigenvalue weighted by atomic mass is 9.99. The normalized spacial score (nSPS) is 13.7. The van der Waals surface area contributed by atoms with Gasteiger partial charge in [-0.3, -0.25) is 0 Å². The van der Waals surface area contributed by atoms with E-state index in [1.807, 2.05) is 13.8 Å². The SMILES string of the molecule is CC(O)C(C)(C)Nc1nc(N)ncc1Cl. The fourth-order valence-electron chi connectivity index (χ4n) is 0.878. The number of nitrogens with two attached hydrogens (primary N) is 1. The number of anilines is 2. The molecule has 0 spiro atoms. The van der Waals surface area contributed by atoms with E-state index in [1.54, 1.807) is 6.92 Å². The van der Waals surface area contributed by atoms with E-state index in [2.05, 4.69) is 15.3 Å². The van der Waals surface area contributed by atoms with Crippen LogP contribution in [-0.4, -0.2) is 26.7 Å². The first-order chi connectivity index (χ1) is 6.83. The van der Waals surface area contributed by atoms with Crippen LogP contribution in [0.25, 0.3) is 0 Å². The molecule has 6 heteroatoms. The molecule has 84 valence electrons. The van der Waals surface area contributed by atoms with Crippen molar-refractivity contribution in [2.24, 2.45) is 0 Å². The van der Waals surface area contributed by atoms with Gasteiger partial charge >= 0.3 is 0 Å². The molecule has 15 heavy (non-hydrogen) atoms. The van der Waals surface area contributed by atoms with Crippen molar-refractivity contribution in [3.05, 3.63) is 11.2 Å². The fraction of sp³-hybridized carbons (Fsp3) is 0.556. The topological polar surface area (TPSA) is 84.1 Å². The van der Waals surface area contributed by atoms with Crippen LogP contribution in [-0.2, 0) is 0 Å². The third-order valence-electron chi connectivity index (χ3n) is 2.25. The summed E-state index contributed by atoms with van der Waals surface area (Å²) in [7, 11) is 0. The first kappa shape index (κ1) is 12.0. The lowest BCUT2D eigenvalue weighted by Gasteiger charge is -2.30. The molecule has 0 fully saturated rings. The number of halogens is 1. The minimum absolute atomic E-state index is 0.142. The summed E-state index contributed by atoms with van der Waals surface area (Å²) in [5.41, 5.74) is 4.90.